The number of fused-ring (bicyclic) bond motifs is 1. The predicted molar refractivity (Wildman–Crippen MR) is 169 cm³/mol. The van der Waals surface area contributed by atoms with Gasteiger partial charge in [-0.1, -0.05) is 18.2 Å². The smallest absolute Gasteiger partial charge is 0.489 e. The molecule has 0 unspecified atom stereocenters. The van der Waals surface area contributed by atoms with E-state index in [1.807, 2.05) is 45.0 Å². The number of rotatable bonds is 8. The molecule has 0 aromatic heterocycles. The molecule has 2 heterocycles. The fourth-order valence-corrected chi connectivity index (χ4v) is 5.95. The van der Waals surface area contributed by atoms with Gasteiger partial charge >= 0.3 is 13.1 Å². The summed E-state index contributed by atoms with van der Waals surface area (Å²) >= 11 is 0. The zero-order valence-corrected chi connectivity index (χ0v) is 26.9. The first-order valence-corrected chi connectivity index (χ1v) is 15.8. The van der Waals surface area contributed by atoms with Crippen molar-refractivity contribution in [3.05, 3.63) is 64.6 Å². The lowest BCUT2D eigenvalue weighted by atomic mass is 9.70. The number of hydrogen-bond acceptors (Lipinski definition) is 6. The van der Waals surface area contributed by atoms with Crippen LogP contribution < -0.4 is 9.47 Å². The van der Waals surface area contributed by atoms with Crippen LogP contribution in [-0.4, -0.2) is 61.6 Å². The van der Waals surface area contributed by atoms with Gasteiger partial charge in [0.15, 0.2) is 0 Å². The number of esters is 1. The van der Waals surface area contributed by atoms with E-state index in [1.54, 1.807) is 0 Å². The lowest BCUT2D eigenvalue weighted by Crippen LogP contribution is -2.41. The lowest BCUT2D eigenvalue weighted by Gasteiger charge is -2.32. The summed E-state index contributed by atoms with van der Waals surface area (Å²) < 4.78 is 37.9. The van der Waals surface area contributed by atoms with Gasteiger partial charge in [-0.2, -0.15) is 0 Å². The molecule has 2 saturated heterocycles. The molecular weight excluding hydrogens is 544 g/mol. The van der Waals surface area contributed by atoms with Crippen molar-refractivity contribution in [3.8, 4) is 11.5 Å². The van der Waals surface area contributed by atoms with E-state index in [1.165, 1.54) is 0 Å². The molecule has 2 fully saturated rings. The molecule has 0 spiro atoms. The molecule has 0 amide bonds. The topological polar surface area (TPSA) is 57.2 Å². The van der Waals surface area contributed by atoms with Crippen LogP contribution in [-0.2, 0) is 20.5 Å². The summed E-state index contributed by atoms with van der Waals surface area (Å²) in [4.78, 5) is 14.9. The molecule has 0 saturated carbocycles. The van der Waals surface area contributed by atoms with Crippen molar-refractivity contribution < 1.29 is 28.0 Å². The van der Waals surface area contributed by atoms with Gasteiger partial charge in [-0.3, -0.25) is 14.1 Å². The summed E-state index contributed by atoms with van der Waals surface area (Å²) in [5.41, 5.74) is 4.05. The third-order valence-electron chi connectivity index (χ3n) is 9.20. The number of carbonyl (C=O) groups is 1. The van der Waals surface area contributed by atoms with E-state index in [0.717, 1.165) is 78.8 Å². The average Bonchev–Trinajstić information content (AvgIpc) is 3.39. The average molecular weight is 592 g/mol. The third-order valence-corrected chi connectivity index (χ3v) is 9.20. The second kappa shape index (κ2) is 12.4. The summed E-state index contributed by atoms with van der Waals surface area (Å²) in [5, 5.41) is 0. The van der Waals surface area contributed by atoms with Gasteiger partial charge in [0, 0.05) is 19.6 Å². The third kappa shape index (κ3) is 7.02. The number of halogens is 1. The van der Waals surface area contributed by atoms with E-state index in [0.29, 0.717) is 12.2 Å². The van der Waals surface area contributed by atoms with Crippen LogP contribution in [0, 0.1) is 5.41 Å². The quantitative estimate of drug-likeness (QED) is 0.184. The number of benzene rings is 2. The van der Waals surface area contributed by atoms with Crippen molar-refractivity contribution in [1.29, 1.82) is 0 Å². The maximum absolute atomic E-state index is 12.6. The van der Waals surface area contributed by atoms with Crippen molar-refractivity contribution in [2.45, 2.75) is 97.9 Å². The van der Waals surface area contributed by atoms with Gasteiger partial charge < -0.3 is 18.8 Å². The van der Waals surface area contributed by atoms with Crippen molar-refractivity contribution >= 4 is 18.7 Å². The largest absolute Gasteiger partial charge is 0.491 e. The SMILES string of the molecule is CC(C)(C)C(=O)Oc1ccc2c(c1)CCCC(B1OC(C)(C)C(C)(C)O1)=C2c1ccc(O[C@H]2CCN(CCCF)C2)cc1. The van der Waals surface area contributed by atoms with Crippen LogP contribution in [0.15, 0.2) is 47.9 Å². The van der Waals surface area contributed by atoms with Gasteiger partial charge in [0.2, 0.25) is 0 Å². The van der Waals surface area contributed by atoms with Gasteiger partial charge in [0.05, 0.1) is 23.3 Å². The Labute approximate surface area is 257 Å². The van der Waals surface area contributed by atoms with Gasteiger partial charge in [-0.05, 0) is 133 Å². The highest BCUT2D eigenvalue weighted by Gasteiger charge is 2.53. The fraction of sp³-hybridized carbons (Fsp3) is 0.571. The van der Waals surface area contributed by atoms with Crippen LogP contribution >= 0.6 is 0 Å². The highest BCUT2D eigenvalue weighted by molar-refractivity contribution is 6.56. The Morgan fingerprint density at radius 3 is 2.35 bits per heavy atom. The minimum atomic E-state index is -0.587. The molecule has 3 aliphatic rings. The zero-order chi connectivity index (χ0) is 31.0. The predicted octanol–water partition coefficient (Wildman–Crippen LogP) is 7.22. The molecule has 8 heteroatoms. The Balaban J connectivity index is 1.47. The van der Waals surface area contributed by atoms with Crippen molar-refractivity contribution in [2.75, 3.05) is 26.3 Å². The molecule has 1 aliphatic carbocycles. The number of likely N-dealkylation sites (tertiary alicyclic amines) is 1. The molecule has 6 nitrogen and oxygen atoms in total. The fourth-order valence-electron chi connectivity index (χ4n) is 5.95. The number of hydrogen-bond donors (Lipinski definition) is 0. The molecule has 0 bridgehead atoms. The van der Waals surface area contributed by atoms with Gasteiger partial charge in [-0.25, -0.2) is 0 Å². The second-order valence-electron chi connectivity index (χ2n) is 14.2. The normalized spacial score (nSPS) is 22.0. The number of nitrogens with zero attached hydrogens (tertiary/aromatic N) is 1. The van der Waals surface area contributed by atoms with Crippen LogP contribution in [0.4, 0.5) is 4.39 Å². The van der Waals surface area contributed by atoms with Crippen LogP contribution in [0.3, 0.4) is 0 Å². The molecule has 1 atom stereocenters. The summed E-state index contributed by atoms with van der Waals surface area (Å²) in [6.45, 7) is 16.2. The van der Waals surface area contributed by atoms with Crippen LogP contribution in [0.2, 0.25) is 0 Å². The van der Waals surface area contributed by atoms with Gasteiger partial charge in [0.1, 0.15) is 17.6 Å². The second-order valence-corrected chi connectivity index (χ2v) is 14.2. The first-order valence-electron chi connectivity index (χ1n) is 15.8. The van der Waals surface area contributed by atoms with E-state index < -0.39 is 23.7 Å². The Morgan fingerprint density at radius 2 is 1.70 bits per heavy atom. The van der Waals surface area contributed by atoms with Crippen molar-refractivity contribution in [3.63, 3.8) is 0 Å². The minimum absolute atomic E-state index is 0.109. The molecule has 232 valence electrons. The summed E-state index contributed by atoms with van der Waals surface area (Å²) in [5.74, 6) is 1.15. The number of carbonyl (C=O) groups excluding carboxylic acids is 1. The van der Waals surface area contributed by atoms with E-state index in [2.05, 4.69) is 50.8 Å². The minimum Gasteiger partial charge on any atom is -0.489 e. The molecule has 0 N–H and O–H groups in total. The first kappa shape index (κ1) is 31.7. The van der Waals surface area contributed by atoms with E-state index in [4.69, 9.17) is 18.8 Å². The standard InChI is InChI=1S/C35H47BFNO5/c1-33(2,3)32(39)41-27-16-17-29-25(22-27)10-8-11-30(36-42-34(4,5)35(6,7)43-36)31(29)24-12-14-26(15-13-24)40-28-18-21-38(23-28)20-9-19-37/h12-17,22,28H,8-11,18-21,23H2,1-7H3/t28-/m0/s1. The number of alkyl halides is 1. The number of allylic oxidation sites excluding steroid dienone is 1. The highest BCUT2D eigenvalue weighted by atomic mass is 19.1. The summed E-state index contributed by atoms with van der Waals surface area (Å²) in [6, 6.07) is 14.3. The maximum atomic E-state index is 12.6. The van der Waals surface area contributed by atoms with Gasteiger partial charge in [-0.15, -0.1) is 0 Å². The summed E-state index contributed by atoms with van der Waals surface area (Å²) in [7, 11) is -0.464. The summed E-state index contributed by atoms with van der Waals surface area (Å²) in [6.07, 6.45) is 4.23. The number of ether oxygens (including phenoxy) is 2. The van der Waals surface area contributed by atoms with Crippen molar-refractivity contribution in [2.24, 2.45) is 5.41 Å². The Morgan fingerprint density at radius 1 is 1.02 bits per heavy atom. The Hall–Kier alpha value is -2.68. The van der Waals surface area contributed by atoms with E-state index >= 15 is 0 Å². The number of aryl methyl sites for hydroxylation is 1. The molecule has 5 rings (SSSR count). The van der Waals surface area contributed by atoms with E-state index in [-0.39, 0.29) is 18.7 Å². The molecule has 43 heavy (non-hydrogen) atoms. The zero-order valence-electron chi connectivity index (χ0n) is 26.9. The highest BCUT2D eigenvalue weighted by Crippen LogP contribution is 2.44. The molecule has 0 radical (unpaired) electrons. The Bertz CT molecular complexity index is 1330. The van der Waals surface area contributed by atoms with Crippen LogP contribution in [0.1, 0.15) is 90.8 Å². The molecule has 2 aromatic rings. The lowest BCUT2D eigenvalue weighted by molar-refractivity contribution is -0.143. The van der Waals surface area contributed by atoms with Crippen LogP contribution in [0.25, 0.3) is 5.57 Å². The Kier molecular flexibility index (Phi) is 9.13. The maximum Gasteiger partial charge on any atom is 0.491 e. The molecule has 2 aliphatic heterocycles. The first-order chi connectivity index (χ1) is 20.3. The van der Waals surface area contributed by atoms with Crippen LogP contribution in [0.5, 0.6) is 11.5 Å². The van der Waals surface area contributed by atoms with Crippen molar-refractivity contribution in [1.82, 2.24) is 4.90 Å². The molecular formula is C35H47BFNO5. The monoisotopic (exact) mass is 591 g/mol. The van der Waals surface area contributed by atoms with Gasteiger partial charge in [0.25, 0.3) is 0 Å². The molecule has 2 aromatic carbocycles. The van der Waals surface area contributed by atoms with E-state index in [9.17, 15) is 9.18 Å².